The fourth-order valence-electron chi connectivity index (χ4n) is 3.60. The highest BCUT2D eigenvalue weighted by Crippen LogP contribution is 2.31. The van der Waals surface area contributed by atoms with E-state index in [1.165, 1.54) is 30.3 Å². The molecule has 1 aliphatic heterocycles. The summed E-state index contributed by atoms with van der Waals surface area (Å²) in [7, 11) is -3.82. The average molecular weight is 528 g/mol. The molecule has 37 heavy (non-hydrogen) atoms. The van der Waals surface area contributed by atoms with Crippen LogP contribution in [0, 0.1) is 5.82 Å². The van der Waals surface area contributed by atoms with Crippen LogP contribution in [0.15, 0.2) is 71.6 Å². The first-order valence-electron chi connectivity index (χ1n) is 11.6. The van der Waals surface area contributed by atoms with E-state index in [0.717, 1.165) is 11.1 Å². The molecule has 11 heteroatoms. The molecular formula is C26H26FN3O6S. The second-order valence-corrected chi connectivity index (χ2v) is 10.1. The zero-order chi connectivity index (χ0) is 26.3. The van der Waals surface area contributed by atoms with E-state index in [1.807, 2.05) is 0 Å². The number of rotatable bonds is 11. The van der Waals surface area contributed by atoms with Crippen molar-refractivity contribution in [2.24, 2.45) is 0 Å². The van der Waals surface area contributed by atoms with E-state index in [-0.39, 0.29) is 42.3 Å². The Hall–Kier alpha value is -3.96. The number of hydrogen-bond donors (Lipinski definition) is 3. The molecule has 0 aliphatic carbocycles. The van der Waals surface area contributed by atoms with Crippen molar-refractivity contribution in [3.8, 4) is 5.75 Å². The van der Waals surface area contributed by atoms with Crippen LogP contribution in [0.25, 0.3) is 0 Å². The van der Waals surface area contributed by atoms with E-state index in [2.05, 4.69) is 15.4 Å². The molecule has 0 aromatic heterocycles. The molecule has 1 heterocycles. The maximum atomic E-state index is 12.9. The van der Waals surface area contributed by atoms with Crippen LogP contribution in [-0.4, -0.2) is 40.0 Å². The van der Waals surface area contributed by atoms with Crippen molar-refractivity contribution in [2.45, 2.75) is 24.3 Å². The Kier molecular flexibility index (Phi) is 8.36. The van der Waals surface area contributed by atoms with Gasteiger partial charge in [0.1, 0.15) is 18.2 Å². The molecule has 1 aliphatic rings. The molecule has 0 saturated carbocycles. The van der Waals surface area contributed by atoms with Gasteiger partial charge in [0.25, 0.3) is 15.9 Å². The summed E-state index contributed by atoms with van der Waals surface area (Å²) < 4.78 is 51.6. The van der Waals surface area contributed by atoms with Crippen LogP contribution < -0.4 is 20.1 Å². The molecule has 3 N–H and O–H groups in total. The van der Waals surface area contributed by atoms with Gasteiger partial charge in [0.05, 0.1) is 22.9 Å². The predicted molar refractivity (Wildman–Crippen MR) is 135 cm³/mol. The number of aryl methyl sites for hydroxylation is 1. The number of nitrogens with one attached hydrogen (secondary N) is 3. The lowest BCUT2D eigenvalue weighted by atomic mass is 10.1. The van der Waals surface area contributed by atoms with Crippen molar-refractivity contribution in [1.29, 1.82) is 0 Å². The lowest BCUT2D eigenvalue weighted by Gasteiger charge is -2.19. The van der Waals surface area contributed by atoms with Gasteiger partial charge >= 0.3 is 0 Å². The van der Waals surface area contributed by atoms with E-state index < -0.39 is 10.0 Å². The highest BCUT2D eigenvalue weighted by Gasteiger charge is 2.19. The van der Waals surface area contributed by atoms with Crippen molar-refractivity contribution >= 4 is 33.2 Å². The van der Waals surface area contributed by atoms with Gasteiger partial charge in [-0.25, -0.2) is 12.8 Å². The van der Waals surface area contributed by atoms with E-state index in [0.29, 0.717) is 36.5 Å². The SMILES string of the molecule is O=C(COCc1ccc(F)cc1)NCCCc1ccc(S(=O)(=O)Nc2ccc3c(c2)OCC(=O)N3)cc1. The van der Waals surface area contributed by atoms with E-state index in [9.17, 15) is 22.4 Å². The van der Waals surface area contributed by atoms with Crippen molar-refractivity contribution in [2.75, 3.05) is 29.8 Å². The lowest BCUT2D eigenvalue weighted by Crippen LogP contribution is -2.28. The van der Waals surface area contributed by atoms with Crippen molar-refractivity contribution in [3.63, 3.8) is 0 Å². The smallest absolute Gasteiger partial charge is 0.262 e. The molecular weight excluding hydrogens is 501 g/mol. The normalized spacial score (nSPS) is 12.7. The van der Waals surface area contributed by atoms with E-state index in [1.54, 1.807) is 36.4 Å². The van der Waals surface area contributed by atoms with Crippen LogP contribution in [-0.2, 0) is 37.4 Å². The molecule has 0 fully saturated rings. The predicted octanol–water partition coefficient (Wildman–Crippen LogP) is 3.22. The van der Waals surface area contributed by atoms with Gasteiger partial charge in [0.15, 0.2) is 6.61 Å². The van der Waals surface area contributed by atoms with Gasteiger partial charge in [0.2, 0.25) is 5.91 Å². The topological polar surface area (TPSA) is 123 Å². The quantitative estimate of drug-likeness (QED) is 0.329. The summed E-state index contributed by atoms with van der Waals surface area (Å²) in [5, 5.41) is 5.42. The third-order valence-corrected chi connectivity index (χ3v) is 6.88. The maximum Gasteiger partial charge on any atom is 0.262 e. The number of carbonyl (C=O) groups excluding carboxylic acids is 2. The fraction of sp³-hybridized carbons (Fsp3) is 0.231. The summed E-state index contributed by atoms with van der Waals surface area (Å²) >= 11 is 0. The second kappa shape index (κ2) is 11.8. The van der Waals surface area contributed by atoms with E-state index in [4.69, 9.17) is 9.47 Å². The minimum absolute atomic E-state index is 0.0953. The summed E-state index contributed by atoms with van der Waals surface area (Å²) in [5.74, 6) is -0.449. The molecule has 3 aromatic carbocycles. The van der Waals surface area contributed by atoms with Gasteiger partial charge in [-0.1, -0.05) is 24.3 Å². The first-order chi connectivity index (χ1) is 17.8. The van der Waals surface area contributed by atoms with Crippen LogP contribution in [0.4, 0.5) is 15.8 Å². The van der Waals surface area contributed by atoms with Crippen LogP contribution in [0.3, 0.4) is 0 Å². The Morgan fingerprint density at radius 3 is 2.51 bits per heavy atom. The molecule has 4 rings (SSSR count). The fourth-order valence-corrected chi connectivity index (χ4v) is 4.65. The Morgan fingerprint density at radius 1 is 1.03 bits per heavy atom. The van der Waals surface area contributed by atoms with Crippen LogP contribution in [0.5, 0.6) is 5.75 Å². The Balaban J connectivity index is 1.19. The molecule has 0 atom stereocenters. The number of sulfonamides is 1. The maximum absolute atomic E-state index is 12.9. The van der Waals surface area contributed by atoms with Gasteiger partial charge in [0, 0.05) is 12.6 Å². The Morgan fingerprint density at radius 2 is 1.76 bits per heavy atom. The summed E-state index contributed by atoms with van der Waals surface area (Å²) in [6, 6.07) is 17.0. The zero-order valence-corrected chi connectivity index (χ0v) is 20.6. The Labute approximate surface area is 214 Å². The summed E-state index contributed by atoms with van der Waals surface area (Å²) in [6.45, 7) is 0.443. The monoisotopic (exact) mass is 527 g/mol. The van der Waals surface area contributed by atoms with Crippen molar-refractivity contribution in [3.05, 3.63) is 83.7 Å². The molecule has 0 radical (unpaired) electrons. The minimum atomic E-state index is -3.82. The molecule has 0 saturated heterocycles. The number of fused-ring (bicyclic) bond motifs is 1. The molecule has 2 amide bonds. The zero-order valence-electron chi connectivity index (χ0n) is 19.8. The summed E-state index contributed by atoms with van der Waals surface area (Å²) in [4.78, 5) is 23.4. The molecule has 3 aromatic rings. The minimum Gasteiger partial charge on any atom is -0.482 e. The standard InChI is InChI=1S/C26H26FN3O6S/c27-20-7-3-19(4-8-20)15-35-16-25(31)28-13-1-2-18-5-10-22(11-6-18)37(33,34)30-21-9-12-23-24(14-21)36-17-26(32)29-23/h3-12,14,30H,1-2,13,15-17H2,(H,28,31)(H,29,32). The van der Waals surface area contributed by atoms with Crippen molar-refractivity contribution in [1.82, 2.24) is 5.32 Å². The molecule has 0 unspecified atom stereocenters. The third-order valence-electron chi connectivity index (χ3n) is 5.48. The number of hydrogen-bond acceptors (Lipinski definition) is 6. The molecule has 194 valence electrons. The number of ether oxygens (including phenoxy) is 2. The highest BCUT2D eigenvalue weighted by molar-refractivity contribution is 7.92. The summed E-state index contributed by atoms with van der Waals surface area (Å²) in [6.07, 6.45) is 1.32. The highest BCUT2D eigenvalue weighted by atomic mass is 32.2. The van der Waals surface area contributed by atoms with Crippen LogP contribution in [0.1, 0.15) is 17.5 Å². The van der Waals surface area contributed by atoms with Gasteiger partial charge < -0.3 is 20.1 Å². The first-order valence-corrected chi connectivity index (χ1v) is 13.0. The number of amides is 2. The average Bonchev–Trinajstić information content (AvgIpc) is 2.88. The number of benzene rings is 3. The first kappa shape index (κ1) is 26.1. The number of halogens is 1. The van der Waals surface area contributed by atoms with Gasteiger partial charge in [-0.2, -0.15) is 0 Å². The van der Waals surface area contributed by atoms with Crippen LogP contribution in [0.2, 0.25) is 0 Å². The largest absolute Gasteiger partial charge is 0.482 e. The number of carbonyl (C=O) groups is 2. The number of anilines is 2. The molecule has 0 spiro atoms. The lowest BCUT2D eigenvalue weighted by molar-refractivity contribution is -0.126. The van der Waals surface area contributed by atoms with Crippen molar-refractivity contribution < 1.29 is 31.9 Å². The summed E-state index contributed by atoms with van der Waals surface area (Å²) in [5.41, 5.74) is 2.51. The van der Waals surface area contributed by atoms with E-state index >= 15 is 0 Å². The second-order valence-electron chi connectivity index (χ2n) is 8.37. The third kappa shape index (κ3) is 7.51. The molecule has 9 nitrogen and oxygen atoms in total. The van der Waals surface area contributed by atoms with Gasteiger partial charge in [-0.05, 0) is 60.4 Å². The van der Waals surface area contributed by atoms with Gasteiger partial charge in [-0.3, -0.25) is 14.3 Å². The molecule has 0 bridgehead atoms. The van der Waals surface area contributed by atoms with Crippen LogP contribution >= 0.6 is 0 Å². The van der Waals surface area contributed by atoms with Gasteiger partial charge in [-0.15, -0.1) is 0 Å². The Bertz CT molecular complexity index is 1360.